The van der Waals surface area contributed by atoms with Crippen molar-refractivity contribution in [1.29, 1.82) is 0 Å². The van der Waals surface area contributed by atoms with Crippen LogP contribution in [0.1, 0.15) is 5.82 Å². The van der Waals surface area contributed by atoms with Gasteiger partial charge in [-0.1, -0.05) is 0 Å². The lowest BCUT2D eigenvalue weighted by Gasteiger charge is -1.88. The van der Waals surface area contributed by atoms with Crippen molar-refractivity contribution in [2.24, 2.45) is 14.1 Å². The molecule has 2 N–H and O–H groups in total. The Morgan fingerprint density at radius 3 is 2.36 bits per heavy atom. The number of halogens is 1. The van der Waals surface area contributed by atoms with E-state index in [-0.39, 0.29) is 12.4 Å². The molecule has 1 heterocycles. The molecule has 0 aliphatic heterocycles. The Kier molecular flexibility index (Phi) is 3.28. The first-order valence-corrected chi connectivity index (χ1v) is 2.96. The van der Waals surface area contributed by atoms with Crippen molar-refractivity contribution < 1.29 is 22.2 Å². The molecule has 1 rings (SSSR count). The molecule has 0 atom stereocenters. The van der Waals surface area contributed by atoms with Crippen LogP contribution in [0.25, 0.3) is 0 Å². The molecule has 0 bridgehead atoms. The highest BCUT2D eigenvalue weighted by atomic mass is 35.5. The first kappa shape index (κ1) is 10.2. The lowest BCUT2D eigenvalue weighted by molar-refractivity contribution is -0.665. The lowest BCUT2D eigenvalue weighted by atomic mass is 10.7. The average molecular weight is 179 g/mol. The van der Waals surface area contributed by atoms with Gasteiger partial charge in [0.1, 0.15) is 0 Å². The van der Waals surface area contributed by atoms with Gasteiger partial charge in [-0.2, -0.15) is 5.48 Å². The Morgan fingerprint density at radius 1 is 1.64 bits per heavy atom. The quantitative estimate of drug-likeness (QED) is 0.345. The van der Waals surface area contributed by atoms with E-state index in [0.717, 1.165) is 5.82 Å². The zero-order chi connectivity index (χ0) is 7.72. The van der Waals surface area contributed by atoms with Crippen LogP contribution in [0, 0.1) is 6.92 Å². The molecule has 0 unspecified atom stereocenters. The van der Waals surface area contributed by atoms with E-state index in [2.05, 4.69) is 5.10 Å². The van der Waals surface area contributed by atoms with Crippen LogP contribution in [0.4, 0.5) is 5.95 Å². The smallest absolute Gasteiger partial charge is 0.404 e. The van der Waals surface area contributed by atoms with Crippen LogP contribution in [0.5, 0.6) is 0 Å². The maximum atomic E-state index is 8.51. The number of aromatic nitrogens is 3. The summed E-state index contributed by atoms with van der Waals surface area (Å²) in [6.07, 6.45) is 0. The van der Waals surface area contributed by atoms with Crippen LogP contribution in [0.15, 0.2) is 0 Å². The predicted octanol–water partition coefficient (Wildman–Crippen LogP) is -3.64. The highest BCUT2D eigenvalue weighted by molar-refractivity contribution is 5.08. The van der Waals surface area contributed by atoms with Crippen molar-refractivity contribution >= 4 is 5.95 Å². The highest BCUT2D eigenvalue weighted by Crippen LogP contribution is 1.93. The molecule has 1 aromatic rings. The van der Waals surface area contributed by atoms with Crippen molar-refractivity contribution in [1.82, 2.24) is 9.78 Å². The van der Waals surface area contributed by atoms with E-state index in [4.69, 9.17) is 5.21 Å². The molecule has 64 valence electrons. The summed E-state index contributed by atoms with van der Waals surface area (Å²) >= 11 is 0. The number of rotatable bonds is 1. The summed E-state index contributed by atoms with van der Waals surface area (Å²) in [5.41, 5.74) is 1.99. The summed E-state index contributed by atoms with van der Waals surface area (Å²) in [5, 5.41) is 12.5. The minimum Gasteiger partial charge on any atom is -1.00 e. The second-order valence-corrected chi connectivity index (χ2v) is 2.17. The van der Waals surface area contributed by atoms with E-state index < -0.39 is 0 Å². The van der Waals surface area contributed by atoms with E-state index in [0.29, 0.717) is 5.95 Å². The molecule has 0 spiro atoms. The SMILES string of the molecule is Cc1n(C)nc(NO)[n+]1C.[Cl-]. The molecular formula is C5H11ClN4O. The third-order valence-corrected chi connectivity index (χ3v) is 1.62. The summed E-state index contributed by atoms with van der Waals surface area (Å²) < 4.78 is 3.43. The van der Waals surface area contributed by atoms with Gasteiger partial charge in [0.2, 0.25) is 5.82 Å². The lowest BCUT2D eigenvalue weighted by Crippen LogP contribution is -3.00. The molecule has 0 radical (unpaired) electrons. The van der Waals surface area contributed by atoms with Gasteiger partial charge in [-0.3, -0.25) is 0 Å². The van der Waals surface area contributed by atoms with Crippen molar-refractivity contribution in [3.8, 4) is 0 Å². The Balaban J connectivity index is 0.000001000. The molecule has 0 amide bonds. The van der Waals surface area contributed by atoms with Crippen LogP contribution in [-0.4, -0.2) is 15.0 Å². The van der Waals surface area contributed by atoms with Crippen molar-refractivity contribution in [2.45, 2.75) is 6.92 Å². The van der Waals surface area contributed by atoms with Crippen LogP contribution in [0.2, 0.25) is 0 Å². The summed E-state index contributed by atoms with van der Waals surface area (Å²) in [4.78, 5) is 0. The zero-order valence-electron chi connectivity index (χ0n) is 6.67. The van der Waals surface area contributed by atoms with Gasteiger partial charge in [-0.15, -0.1) is 4.68 Å². The molecule has 1 aromatic heterocycles. The number of nitrogens with zero attached hydrogens (tertiary/aromatic N) is 3. The van der Waals surface area contributed by atoms with E-state index >= 15 is 0 Å². The van der Waals surface area contributed by atoms with E-state index in [9.17, 15) is 0 Å². The third kappa shape index (κ3) is 1.61. The fourth-order valence-corrected chi connectivity index (χ4v) is 0.749. The third-order valence-electron chi connectivity index (χ3n) is 1.62. The van der Waals surface area contributed by atoms with Gasteiger partial charge in [0.15, 0.2) is 0 Å². The van der Waals surface area contributed by atoms with Gasteiger partial charge in [-0.05, 0) is 0 Å². The zero-order valence-corrected chi connectivity index (χ0v) is 7.42. The Hall–Kier alpha value is -0.810. The van der Waals surface area contributed by atoms with Crippen LogP contribution in [-0.2, 0) is 14.1 Å². The van der Waals surface area contributed by atoms with Crippen LogP contribution < -0.4 is 22.5 Å². The summed E-state index contributed by atoms with van der Waals surface area (Å²) in [6.45, 7) is 1.91. The monoisotopic (exact) mass is 178 g/mol. The minimum absolute atomic E-state index is 0. The van der Waals surface area contributed by atoms with E-state index in [1.54, 1.807) is 9.25 Å². The number of anilines is 1. The van der Waals surface area contributed by atoms with E-state index in [1.165, 1.54) is 0 Å². The van der Waals surface area contributed by atoms with Gasteiger partial charge in [0, 0.05) is 12.0 Å². The van der Waals surface area contributed by atoms with Gasteiger partial charge >= 0.3 is 5.95 Å². The number of aryl methyl sites for hydroxylation is 1. The molecule has 0 saturated heterocycles. The minimum atomic E-state index is 0. The van der Waals surface area contributed by atoms with Gasteiger partial charge in [0.25, 0.3) is 0 Å². The second-order valence-electron chi connectivity index (χ2n) is 2.17. The largest absolute Gasteiger partial charge is 1.00 e. The van der Waals surface area contributed by atoms with E-state index in [1.807, 2.05) is 26.5 Å². The molecule has 5 nitrogen and oxygen atoms in total. The summed E-state index contributed by atoms with van der Waals surface area (Å²) in [7, 11) is 3.64. The Labute approximate surface area is 71.0 Å². The fraction of sp³-hybridized carbons (Fsp3) is 0.600. The van der Waals surface area contributed by atoms with Crippen molar-refractivity contribution in [3.05, 3.63) is 5.82 Å². The number of nitrogens with one attached hydrogen (secondary N) is 1. The fourth-order valence-electron chi connectivity index (χ4n) is 0.749. The molecule has 0 aliphatic carbocycles. The molecule has 6 heteroatoms. The van der Waals surface area contributed by atoms with Gasteiger partial charge in [0.05, 0.1) is 14.1 Å². The van der Waals surface area contributed by atoms with Crippen LogP contribution in [0.3, 0.4) is 0 Å². The average Bonchev–Trinajstić information content (AvgIpc) is 2.17. The molecule has 0 aromatic carbocycles. The molecular weight excluding hydrogens is 168 g/mol. The number of hydrogen-bond donors (Lipinski definition) is 2. The number of hydrogen-bond acceptors (Lipinski definition) is 3. The first-order valence-electron chi connectivity index (χ1n) is 2.96. The van der Waals surface area contributed by atoms with Crippen molar-refractivity contribution in [3.63, 3.8) is 0 Å². The molecule has 0 aliphatic rings. The maximum absolute atomic E-state index is 8.51. The maximum Gasteiger partial charge on any atom is 0.404 e. The van der Waals surface area contributed by atoms with Crippen LogP contribution >= 0.6 is 0 Å². The molecule has 0 saturated carbocycles. The summed E-state index contributed by atoms with van der Waals surface area (Å²) in [5.74, 6) is 1.41. The molecule has 11 heavy (non-hydrogen) atoms. The topological polar surface area (TPSA) is 54.0 Å². The Bertz CT molecular complexity index is 247. The summed E-state index contributed by atoms with van der Waals surface area (Å²) in [6, 6.07) is 0. The van der Waals surface area contributed by atoms with Gasteiger partial charge in [-0.25, -0.2) is 9.77 Å². The van der Waals surface area contributed by atoms with Gasteiger partial charge < -0.3 is 12.4 Å². The second kappa shape index (κ2) is 3.54. The normalized spacial score (nSPS) is 9.09. The Morgan fingerprint density at radius 2 is 2.18 bits per heavy atom. The predicted molar refractivity (Wildman–Crippen MR) is 34.5 cm³/mol. The standard InChI is InChI=1S/C5H11N4O.ClH/c1-4-8(2)5(7-10)6-9(4)3;/h10H,1-3H3,(H,6,7);1H/q+1;/p-1. The highest BCUT2D eigenvalue weighted by Gasteiger charge is 2.13. The molecule has 0 fully saturated rings. The van der Waals surface area contributed by atoms with Crippen molar-refractivity contribution in [2.75, 3.05) is 5.48 Å². The first-order chi connectivity index (χ1) is 4.66.